The molecule has 0 heterocycles. The van der Waals surface area contributed by atoms with Crippen LogP contribution >= 0.6 is 0 Å². The van der Waals surface area contributed by atoms with Gasteiger partial charge in [-0.2, -0.15) is 0 Å². The largest absolute Gasteiger partial charge is 0.489 e. The van der Waals surface area contributed by atoms with Crippen LogP contribution in [0.5, 0.6) is 5.75 Å². The van der Waals surface area contributed by atoms with Gasteiger partial charge in [-0.25, -0.2) is 0 Å². The molecule has 2 aromatic carbocycles. The van der Waals surface area contributed by atoms with Crippen molar-refractivity contribution < 1.29 is 9.84 Å². The molecule has 0 saturated carbocycles. The van der Waals surface area contributed by atoms with E-state index in [4.69, 9.17) is 4.74 Å². The van der Waals surface area contributed by atoms with Gasteiger partial charge < -0.3 is 15.2 Å². The third-order valence-electron chi connectivity index (χ3n) is 3.74. The zero-order chi connectivity index (χ0) is 15.8. The number of aliphatic hydroxyl groups excluding tert-OH is 1. The fraction of sp³-hybridized carbons (Fsp3) is 0.368. The Morgan fingerprint density at radius 1 is 1.14 bits per heavy atom. The van der Waals surface area contributed by atoms with Gasteiger partial charge in [-0.15, -0.1) is 0 Å². The molecule has 0 unspecified atom stereocenters. The summed E-state index contributed by atoms with van der Waals surface area (Å²) in [5, 5.41) is 12.6. The lowest BCUT2D eigenvalue weighted by molar-refractivity contribution is 0.237. The summed E-state index contributed by atoms with van der Waals surface area (Å²) >= 11 is 0. The minimum Gasteiger partial charge on any atom is -0.489 e. The van der Waals surface area contributed by atoms with Crippen molar-refractivity contribution in [1.29, 1.82) is 0 Å². The fourth-order valence-corrected chi connectivity index (χ4v) is 2.35. The molecule has 118 valence electrons. The van der Waals surface area contributed by atoms with E-state index in [9.17, 15) is 5.11 Å². The van der Waals surface area contributed by atoms with Gasteiger partial charge in [0.25, 0.3) is 0 Å². The van der Waals surface area contributed by atoms with E-state index in [1.165, 1.54) is 11.1 Å². The van der Waals surface area contributed by atoms with Crippen LogP contribution in [-0.4, -0.2) is 17.8 Å². The summed E-state index contributed by atoms with van der Waals surface area (Å²) < 4.78 is 5.98. The predicted octanol–water partition coefficient (Wildman–Crippen LogP) is 3.43. The van der Waals surface area contributed by atoms with Crippen LogP contribution in [-0.2, 0) is 13.2 Å². The Morgan fingerprint density at radius 2 is 1.95 bits per heavy atom. The monoisotopic (exact) mass is 299 g/mol. The second-order valence-corrected chi connectivity index (χ2v) is 5.55. The number of aryl methyl sites for hydroxylation is 1. The maximum Gasteiger partial charge on any atom is 0.124 e. The zero-order valence-electron chi connectivity index (χ0n) is 13.4. The molecule has 0 saturated heterocycles. The van der Waals surface area contributed by atoms with Crippen molar-refractivity contribution in [2.75, 3.05) is 6.61 Å². The molecule has 0 fully saturated rings. The number of aliphatic hydroxyl groups is 1. The molecule has 1 atom stereocenters. The van der Waals surface area contributed by atoms with E-state index in [0.29, 0.717) is 13.2 Å². The van der Waals surface area contributed by atoms with Gasteiger partial charge in [0.15, 0.2) is 0 Å². The van der Waals surface area contributed by atoms with Crippen LogP contribution in [0.15, 0.2) is 48.5 Å². The Bertz CT molecular complexity index is 579. The molecule has 3 heteroatoms. The second-order valence-electron chi connectivity index (χ2n) is 5.55. The van der Waals surface area contributed by atoms with Crippen molar-refractivity contribution in [2.24, 2.45) is 0 Å². The zero-order valence-corrected chi connectivity index (χ0v) is 13.4. The van der Waals surface area contributed by atoms with Gasteiger partial charge in [-0.05, 0) is 25.0 Å². The van der Waals surface area contributed by atoms with Gasteiger partial charge >= 0.3 is 0 Å². The predicted molar refractivity (Wildman–Crippen MR) is 90.0 cm³/mol. The Balaban J connectivity index is 1.99. The first-order valence-corrected chi connectivity index (χ1v) is 7.83. The maximum absolute atomic E-state index is 9.26. The average Bonchev–Trinajstić information content (AvgIpc) is 2.55. The van der Waals surface area contributed by atoms with Gasteiger partial charge in [-0.1, -0.05) is 55.0 Å². The van der Waals surface area contributed by atoms with E-state index in [0.717, 1.165) is 17.7 Å². The lowest BCUT2D eigenvalue weighted by Crippen LogP contribution is -2.31. The summed E-state index contributed by atoms with van der Waals surface area (Å²) in [7, 11) is 0. The Labute approximate surface area is 133 Å². The second kappa shape index (κ2) is 8.57. The Hall–Kier alpha value is -1.84. The highest BCUT2D eigenvalue weighted by molar-refractivity contribution is 5.33. The third kappa shape index (κ3) is 4.86. The minimum absolute atomic E-state index is 0.129. The molecule has 0 amide bonds. The highest BCUT2D eigenvalue weighted by Crippen LogP contribution is 2.19. The summed E-state index contributed by atoms with van der Waals surface area (Å²) in [6, 6.07) is 16.5. The molecule has 0 aliphatic carbocycles. The van der Waals surface area contributed by atoms with Gasteiger partial charge in [-0.3, -0.25) is 0 Å². The first kappa shape index (κ1) is 16.5. The van der Waals surface area contributed by atoms with E-state index >= 15 is 0 Å². The fourth-order valence-electron chi connectivity index (χ4n) is 2.35. The summed E-state index contributed by atoms with van der Waals surface area (Å²) in [6.45, 7) is 5.57. The van der Waals surface area contributed by atoms with Crippen LogP contribution in [0.1, 0.15) is 30.0 Å². The van der Waals surface area contributed by atoms with Crippen LogP contribution in [0.4, 0.5) is 0 Å². The number of benzene rings is 2. The first-order chi connectivity index (χ1) is 10.7. The highest BCUT2D eigenvalue weighted by atomic mass is 16.5. The van der Waals surface area contributed by atoms with Gasteiger partial charge in [0, 0.05) is 18.2 Å². The van der Waals surface area contributed by atoms with Crippen LogP contribution in [0.3, 0.4) is 0 Å². The lowest BCUT2D eigenvalue weighted by atomic mass is 10.1. The van der Waals surface area contributed by atoms with Crippen LogP contribution in [0.2, 0.25) is 0 Å². The number of hydrogen-bond donors (Lipinski definition) is 2. The molecule has 0 bridgehead atoms. The summed E-state index contributed by atoms with van der Waals surface area (Å²) in [6.07, 6.45) is 0.906. The SMILES string of the molecule is CC[C@H](CO)NCc1ccccc1OCc1cccc(C)c1. The summed E-state index contributed by atoms with van der Waals surface area (Å²) in [5.74, 6) is 0.893. The van der Waals surface area contributed by atoms with E-state index in [1.54, 1.807) is 0 Å². The van der Waals surface area contributed by atoms with E-state index in [-0.39, 0.29) is 12.6 Å². The number of rotatable bonds is 8. The van der Waals surface area contributed by atoms with Gasteiger partial charge in [0.05, 0.1) is 6.61 Å². The molecule has 2 aromatic rings. The molecule has 3 nitrogen and oxygen atoms in total. The van der Waals surface area contributed by atoms with E-state index in [2.05, 4.69) is 49.5 Å². The molecule has 2 N–H and O–H groups in total. The Morgan fingerprint density at radius 3 is 2.68 bits per heavy atom. The van der Waals surface area contributed by atoms with Crippen LogP contribution < -0.4 is 10.1 Å². The smallest absolute Gasteiger partial charge is 0.124 e. The summed E-state index contributed by atoms with van der Waals surface area (Å²) in [4.78, 5) is 0. The summed E-state index contributed by atoms with van der Waals surface area (Å²) in [5.41, 5.74) is 3.52. The molecule has 0 aliphatic rings. The molecule has 0 radical (unpaired) electrons. The number of ether oxygens (including phenoxy) is 1. The third-order valence-corrected chi connectivity index (χ3v) is 3.74. The highest BCUT2D eigenvalue weighted by Gasteiger charge is 2.07. The van der Waals surface area contributed by atoms with Crippen molar-refractivity contribution in [3.05, 3.63) is 65.2 Å². The number of nitrogens with one attached hydrogen (secondary N) is 1. The molecule has 22 heavy (non-hydrogen) atoms. The minimum atomic E-state index is 0.129. The molecule has 2 rings (SSSR count). The van der Waals surface area contributed by atoms with Crippen LogP contribution in [0, 0.1) is 6.92 Å². The maximum atomic E-state index is 9.26. The van der Waals surface area contributed by atoms with Crippen molar-refractivity contribution in [3.8, 4) is 5.75 Å². The standard InChI is InChI=1S/C19H25NO2/c1-3-18(13-21)20-12-17-9-4-5-10-19(17)22-14-16-8-6-7-15(2)11-16/h4-11,18,20-21H,3,12-14H2,1-2H3/t18-/m1/s1. The quantitative estimate of drug-likeness (QED) is 0.784. The first-order valence-electron chi connectivity index (χ1n) is 7.83. The Kier molecular flexibility index (Phi) is 6.44. The van der Waals surface area contributed by atoms with E-state index in [1.807, 2.05) is 18.2 Å². The van der Waals surface area contributed by atoms with Gasteiger partial charge in [0.1, 0.15) is 12.4 Å². The number of para-hydroxylation sites is 1. The van der Waals surface area contributed by atoms with Crippen molar-refractivity contribution in [1.82, 2.24) is 5.32 Å². The molecular weight excluding hydrogens is 274 g/mol. The molecular formula is C19H25NO2. The molecule has 0 spiro atoms. The van der Waals surface area contributed by atoms with E-state index < -0.39 is 0 Å². The topological polar surface area (TPSA) is 41.5 Å². The van der Waals surface area contributed by atoms with Gasteiger partial charge in [0.2, 0.25) is 0 Å². The van der Waals surface area contributed by atoms with Crippen LogP contribution in [0.25, 0.3) is 0 Å². The van der Waals surface area contributed by atoms with Crippen molar-refractivity contribution in [3.63, 3.8) is 0 Å². The molecule has 0 aliphatic heterocycles. The lowest BCUT2D eigenvalue weighted by Gasteiger charge is -2.16. The number of hydrogen-bond acceptors (Lipinski definition) is 3. The molecule has 0 aromatic heterocycles. The average molecular weight is 299 g/mol. The normalized spacial score (nSPS) is 12.1. The van der Waals surface area contributed by atoms with Crippen molar-refractivity contribution >= 4 is 0 Å². The van der Waals surface area contributed by atoms with Crippen molar-refractivity contribution in [2.45, 2.75) is 39.5 Å².